The van der Waals surface area contributed by atoms with E-state index in [9.17, 15) is 8.78 Å². The molecule has 0 heterocycles. The first-order valence-corrected chi connectivity index (χ1v) is 3.73. The van der Waals surface area contributed by atoms with Crippen molar-refractivity contribution < 1.29 is 13.9 Å². The van der Waals surface area contributed by atoms with Crippen molar-refractivity contribution in [3.05, 3.63) is 11.7 Å². The van der Waals surface area contributed by atoms with Gasteiger partial charge in [0.05, 0.1) is 6.10 Å². The van der Waals surface area contributed by atoms with Gasteiger partial charge in [-0.1, -0.05) is 0 Å². The molecule has 0 radical (unpaired) electrons. The maximum absolute atomic E-state index is 11.8. The summed E-state index contributed by atoms with van der Waals surface area (Å²) in [6.07, 6.45) is -0.375. The fraction of sp³-hybridized carbons (Fsp3) is 0.750. The summed E-state index contributed by atoms with van der Waals surface area (Å²) >= 11 is 0. The molecule has 0 aromatic heterocycles. The zero-order chi connectivity index (χ0) is 8.85. The van der Waals surface area contributed by atoms with E-state index in [0.29, 0.717) is 19.3 Å². The Morgan fingerprint density at radius 2 is 2.00 bits per heavy atom. The van der Waals surface area contributed by atoms with Gasteiger partial charge in [0.25, 0.3) is 6.08 Å². The van der Waals surface area contributed by atoms with Crippen LogP contribution in [-0.4, -0.2) is 11.2 Å². The molecule has 0 amide bonds. The molecule has 3 heteroatoms. The van der Waals surface area contributed by atoms with Crippen molar-refractivity contribution in [1.29, 1.82) is 0 Å². The van der Waals surface area contributed by atoms with Crippen LogP contribution in [0.3, 0.4) is 0 Å². The minimum Gasteiger partial charge on any atom is -0.393 e. The zero-order valence-corrected chi connectivity index (χ0v) is 6.90. The molecule has 1 atom stereocenters. The third-order valence-electron chi connectivity index (χ3n) is 1.50. The van der Waals surface area contributed by atoms with E-state index in [-0.39, 0.29) is 11.7 Å². The van der Waals surface area contributed by atoms with Crippen molar-refractivity contribution >= 4 is 0 Å². The van der Waals surface area contributed by atoms with Crippen LogP contribution >= 0.6 is 0 Å². The molecule has 0 bridgehead atoms. The summed E-state index contributed by atoms with van der Waals surface area (Å²) in [5.74, 6) is 0. The lowest BCUT2D eigenvalue weighted by molar-refractivity contribution is 0.181. The van der Waals surface area contributed by atoms with Gasteiger partial charge >= 0.3 is 0 Å². The maximum atomic E-state index is 11.8. The maximum Gasteiger partial charge on any atom is 0.269 e. The minimum atomic E-state index is -1.59. The van der Waals surface area contributed by atoms with Crippen LogP contribution in [0.2, 0.25) is 0 Å². The second-order valence-corrected chi connectivity index (χ2v) is 2.78. The van der Waals surface area contributed by atoms with Crippen LogP contribution in [0.15, 0.2) is 11.7 Å². The highest BCUT2D eigenvalue weighted by Gasteiger charge is 2.00. The van der Waals surface area contributed by atoms with Crippen LogP contribution in [0.4, 0.5) is 8.78 Å². The standard InChI is InChI=1S/C8H14F2O/c1-6(8(9)10)4-3-5-7(2)11/h7,11H,3-5H2,1-2H3. The summed E-state index contributed by atoms with van der Waals surface area (Å²) in [6, 6.07) is 0. The summed E-state index contributed by atoms with van der Waals surface area (Å²) in [5, 5.41) is 8.80. The molecule has 0 aliphatic heterocycles. The second-order valence-electron chi connectivity index (χ2n) is 2.78. The van der Waals surface area contributed by atoms with Crippen molar-refractivity contribution in [2.45, 2.75) is 39.2 Å². The predicted octanol–water partition coefficient (Wildman–Crippen LogP) is 2.71. The van der Waals surface area contributed by atoms with Crippen LogP contribution in [0.5, 0.6) is 0 Å². The number of hydrogen-bond donors (Lipinski definition) is 1. The molecule has 0 aromatic rings. The van der Waals surface area contributed by atoms with Crippen molar-refractivity contribution in [2.24, 2.45) is 0 Å². The van der Waals surface area contributed by atoms with E-state index < -0.39 is 6.08 Å². The lowest BCUT2D eigenvalue weighted by atomic mass is 10.1. The van der Waals surface area contributed by atoms with Gasteiger partial charge in [-0.25, -0.2) is 0 Å². The topological polar surface area (TPSA) is 20.2 Å². The summed E-state index contributed by atoms with van der Waals surface area (Å²) < 4.78 is 23.5. The Labute approximate surface area is 65.7 Å². The molecular weight excluding hydrogens is 150 g/mol. The van der Waals surface area contributed by atoms with Gasteiger partial charge < -0.3 is 5.11 Å². The first kappa shape index (κ1) is 10.6. The quantitative estimate of drug-likeness (QED) is 0.677. The highest BCUT2D eigenvalue weighted by atomic mass is 19.3. The Hall–Kier alpha value is -0.440. The lowest BCUT2D eigenvalue weighted by Crippen LogP contribution is -1.98. The molecule has 66 valence electrons. The van der Waals surface area contributed by atoms with E-state index in [4.69, 9.17) is 5.11 Å². The third kappa shape index (κ3) is 5.98. The first-order chi connectivity index (χ1) is 5.04. The number of allylic oxidation sites excluding steroid dienone is 1. The number of hydrogen-bond acceptors (Lipinski definition) is 1. The van der Waals surface area contributed by atoms with Crippen molar-refractivity contribution in [3.63, 3.8) is 0 Å². The molecule has 0 aromatic carbocycles. The molecule has 0 rings (SSSR count). The summed E-state index contributed by atoms with van der Waals surface area (Å²) in [7, 11) is 0. The first-order valence-electron chi connectivity index (χ1n) is 3.73. The molecule has 0 saturated heterocycles. The minimum absolute atomic E-state index is 0.130. The van der Waals surface area contributed by atoms with Crippen molar-refractivity contribution in [2.75, 3.05) is 0 Å². The summed E-state index contributed by atoms with van der Waals surface area (Å²) in [5.41, 5.74) is 0.130. The van der Waals surface area contributed by atoms with Crippen LogP contribution in [-0.2, 0) is 0 Å². The van der Waals surface area contributed by atoms with E-state index in [1.54, 1.807) is 6.92 Å². The van der Waals surface area contributed by atoms with Gasteiger partial charge in [-0.05, 0) is 38.7 Å². The van der Waals surface area contributed by atoms with Gasteiger partial charge in [0, 0.05) is 0 Å². The Morgan fingerprint density at radius 1 is 1.45 bits per heavy atom. The van der Waals surface area contributed by atoms with Crippen molar-refractivity contribution in [3.8, 4) is 0 Å². The predicted molar refractivity (Wildman–Crippen MR) is 40.4 cm³/mol. The van der Waals surface area contributed by atoms with Crippen LogP contribution in [0, 0.1) is 0 Å². The van der Waals surface area contributed by atoms with Crippen LogP contribution in [0.1, 0.15) is 33.1 Å². The molecule has 1 nitrogen and oxygen atoms in total. The van der Waals surface area contributed by atoms with Gasteiger partial charge in [0.2, 0.25) is 0 Å². The fourth-order valence-corrected chi connectivity index (χ4v) is 0.757. The van der Waals surface area contributed by atoms with E-state index >= 15 is 0 Å². The highest BCUT2D eigenvalue weighted by Crippen LogP contribution is 2.14. The van der Waals surface area contributed by atoms with Gasteiger partial charge in [0.1, 0.15) is 0 Å². The van der Waals surface area contributed by atoms with E-state index in [0.717, 1.165) is 0 Å². The van der Waals surface area contributed by atoms with Crippen LogP contribution in [0.25, 0.3) is 0 Å². The second kappa shape index (κ2) is 5.24. The number of aliphatic hydroxyl groups excluding tert-OH is 1. The summed E-state index contributed by atoms with van der Waals surface area (Å²) in [6.45, 7) is 3.07. The Kier molecular flexibility index (Phi) is 5.03. The number of aliphatic hydroxyl groups is 1. The fourth-order valence-electron chi connectivity index (χ4n) is 0.757. The molecule has 0 spiro atoms. The third-order valence-corrected chi connectivity index (χ3v) is 1.50. The number of rotatable bonds is 4. The Balaban J connectivity index is 3.48. The molecule has 11 heavy (non-hydrogen) atoms. The smallest absolute Gasteiger partial charge is 0.269 e. The molecule has 1 unspecified atom stereocenters. The van der Waals surface area contributed by atoms with Gasteiger partial charge in [0.15, 0.2) is 0 Å². The van der Waals surface area contributed by atoms with Gasteiger partial charge in [-0.15, -0.1) is 0 Å². The Morgan fingerprint density at radius 3 is 2.36 bits per heavy atom. The SMILES string of the molecule is CC(CCCC(C)O)=C(F)F. The molecule has 0 aliphatic rings. The molecule has 1 N–H and O–H groups in total. The molecule has 0 fully saturated rings. The average Bonchev–Trinajstić information content (AvgIpc) is 1.86. The zero-order valence-electron chi connectivity index (χ0n) is 6.90. The van der Waals surface area contributed by atoms with Crippen LogP contribution < -0.4 is 0 Å². The van der Waals surface area contributed by atoms with Gasteiger partial charge in [-0.2, -0.15) is 8.78 Å². The average molecular weight is 164 g/mol. The van der Waals surface area contributed by atoms with E-state index in [1.807, 2.05) is 0 Å². The largest absolute Gasteiger partial charge is 0.393 e. The molecule has 0 saturated carbocycles. The van der Waals surface area contributed by atoms with E-state index in [1.165, 1.54) is 6.92 Å². The Bertz CT molecular complexity index is 137. The monoisotopic (exact) mass is 164 g/mol. The van der Waals surface area contributed by atoms with Crippen molar-refractivity contribution in [1.82, 2.24) is 0 Å². The molecular formula is C8H14F2O. The highest BCUT2D eigenvalue weighted by molar-refractivity contribution is 4.97. The normalized spacial score (nSPS) is 12.8. The lowest BCUT2D eigenvalue weighted by Gasteiger charge is -2.02. The summed E-state index contributed by atoms with van der Waals surface area (Å²) in [4.78, 5) is 0. The van der Waals surface area contributed by atoms with E-state index in [2.05, 4.69) is 0 Å². The van der Waals surface area contributed by atoms with Gasteiger partial charge in [-0.3, -0.25) is 0 Å². The molecule has 0 aliphatic carbocycles. The number of halogens is 2.